The smallest absolute Gasteiger partial charge is 0.251 e. The van der Waals surface area contributed by atoms with E-state index in [0.717, 1.165) is 17.5 Å². The Balaban J connectivity index is 1.90. The second-order valence-corrected chi connectivity index (χ2v) is 7.04. The molecule has 2 aromatic rings. The molecule has 0 aliphatic heterocycles. The molecule has 0 spiro atoms. The molecule has 0 aliphatic carbocycles. The summed E-state index contributed by atoms with van der Waals surface area (Å²) in [5.74, 6) is 0.495. The molecular weight excluding hydrogens is 390 g/mol. The summed E-state index contributed by atoms with van der Waals surface area (Å²) < 4.78 is 0. The Hall–Kier alpha value is -3.35. The summed E-state index contributed by atoms with van der Waals surface area (Å²) >= 11 is 0. The number of benzene rings is 2. The van der Waals surface area contributed by atoms with E-state index in [2.05, 4.69) is 20.9 Å². The predicted octanol–water partition coefficient (Wildman–Crippen LogP) is 2.19. The van der Waals surface area contributed by atoms with Crippen LogP contribution in [0, 0.1) is 0 Å². The van der Waals surface area contributed by atoms with Crippen molar-refractivity contribution in [1.29, 1.82) is 0 Å². The second kappa shape index (κ2) is 13.1. The lowest BCUT2D eigenvalue weighted by Gasteiger charge is -2.20. The van der Waals surface area contributed by atoms with E-state index < -0.39 is 0 Å². The van der Waals surface area contributed by atoms with Crippen molar-refractivity contribution in [3.63, 3.8) is 0 Å². The number of carbonyl (C=O) groups excluding carboxylic acids is 2. The first-order chi connectivity index (χ1) is 15.1. The van der Waals surface area contributed by atoms with E-state index in [0.29, 0.717) is 37.7 Å². The van der Waals surface area contributed by atoms with Crippen molar-refractivity contribution in [3.05, 3.63) is 71.3 Å². The monoisotopic (exact) mass is 423 g/mol. The van der Waals surface area contributed by atoms with Crippen molar-refractivity contribution in [3.8, 4) is 0 Å². The molecule has 0 aliphatic rings. The van der Waals surface area contributed by atoms with Crippen LogP contribution in [0.5, 0.6) is 0 Å². The van der Waals surface area contributed by atoms with Gasteiger partial charge in [-0.2, -0.15) is 0 Å². The lowest BCUT2D eigenvalue weighted by Crippen LogP contribution is -2.40. The zero-order valence-corrected chi connectivity index (χ0v) is 18.6. The van der Waals surface area contributed by atoms with Crippen molar-refractivity contribution in [1.82, 2.24) is 20.9 Å². The topological polar surface area (TPSA) is 85.8 Å². The van der Waals surface area contributed by atoms with Crippen LogP contribution in [0.1, 0.15) is 35.3 Å². The number of hydrogen-bond donors (Lipinski definition) is 3. The van der Waals surface area contributed by atoms with Crippen molar-refractivity contribution >= 4 is 17.8 Å². The molecule has 2 aromatic carbocycles. The third-order valence-electron chi connectivity index (χ3n) is 4.79. The Labute approximate surface area is 184 Å². The average Bonchev–Trinajstić information content (AvgIpc) is 2.81. The molecule has 0 fully saturated rings. The molecule has 0 unspecified atom stereocenters. The molecule has 0 bridgehead atoms. The maximum Gasteiger partial charge on any atom is 0.251 e. The van der Waals surface area contributed by atoms with Gasteiger partial charge in [-0.15, -0.1) is 0 Å². The van der Waals surface area contributed by atoms with Gasteiger partial charge in [0, 0.05) is 38.8 Å². The third-order valence-corrected chi connectivity index (χ3v) is 4.79. The highest BCUT2D eigenvalue weighted by Gasteiger charge is 2.12. The van der Waals surface area contributed by atoms with Crippen LogP contribution >= 0.6 is 0 Å². The predicted molar refractivity (Wildman–Crippen MR) is 125 cm³/mol. The quantitative estimate of drug-likeness (QED) is 0.404. The first kappa shape index (κ1) is 23.9. The first-order valence-corrected chi connectivity index (χ1v) is 10.7. The number of carbonyl (C=O) groups is 2. The highest BCUT2D eigenvalue weighted by atomic mass is 16.2. The molecule has 2 rings (SSSR count). The van der Waals surface area contributed by atoms with Crippen LogP contribution in [-0.4, -0.2) is 55.9 Å². The highest BCUT2D eigenvalue weighted by molar-refractivity contribution is 5.94. The van der Waals surface area contributed by atoms with Crippen molar-refractivity contribution in [2.45, 2.75) is 26.8 Å². The van der Waals surface area contributed by atoms with Gasteiger partial charge in [-0.1, -0.05) is 42.5 Å². The summed E-state index contributed by atoms with van der Waals surface area (Å²) in [5.41, 5.74) is 2.80. The van der Waals surface area contributed by atoms with Crippen LogP contribution in [0.15, 0.2) is 59.6 Å². The second-order valence-electron chi connectivity index (χ2n) is 7.04. The fourth-order valence-corrected chi connectivity index (χ4v) is 3.11. The molecule has 0 aromatic heterocycles. The van der Waals surface area contributed by atoms with Gasteiger partial charge in [0.05, 0.1) is 0 Å². The maximum atomic E-state index is 12.6. The van der Waals surface area contributed by atoms with Gasteiger partial charge in [0.2, 0.25) is 5.91 Å². The molecule has 0 saturated heterocycles. The summed E-state index contributed by atoms with van der Waals surface area (Å²) in [6, 6.07) is 17.5. The molecule has 0 radical (unpaired) electrons. The normalized spacial score (nSPS) is 11.0. The summed E-state index contributed by atoms with van der Waals surface area (Å²) in [7, 11) is 1.62. The maximum absolute atomic E-state index is 12.6. The molecule has 7 nitrogen and oxygen atoms in total. The third kappa shape index (κ3) is 8.12. The van der Waals surface area contributed by atoms with E-state index >= 15 is 0 Å². The molecule has 7 heteroatoms. The minimum atomic E-state index is -0.0980. The molecule has 0 atom stereocenters. The summed E-state index contributed by atoms with van der Waals surface area (Å²) in [6.45, 7) is 6.60. The minimum Gasteiger partial charge on any atom is -0.357 e. The molecule has 0 heterocycles. The first-order valence-electron chi connectivity index (χ1n) is 10.7. The molecule has 2 amide bonds. The summed E-state index contributed by atoms with van der Waals surface area (Å²) in [6.07, 6.45) is 0.734. The Kier molecular flexibility index (Phi) is 10.1. The molecule has 3 N–H and O–H groups in total. The van der Waals surface area contributed by atoms with Gasteiger partial charge in [0.15, 0.2) is 5.96 Å². The van der Waals surface area contributed by atoms with Gasteiger partial charge in [-0.25, -0.2) is 4.99 Å². The van der Waals surface area contributed by atoms with Crippen molar-refractivity contribution in [2.75, 3.05) is 33.2 Å². The van der Waals surface area contributed by atoms with Crippen LogP contribution < -0.4 is 16.0 Å². The van der Waals surface area contributed by atoms with Gasteiger partial charge in [0.1, 0.15) is 6.54 Å². The molecule has 31 heavy (non-hydrogen) atoms. The van der Waals surface area contributed by atoms with Gasteiger partial charge in [-0.05, 0) is 43.5 Å². The number of hydrogen-bond acceptors (Lipinski definition) is 3. The highest BCUT2D eigenvalue weighted by Crippen LogP contribution is 2.06. The summed E-state index contributed by atoms with van der Waals surface area (Å²) in [5, 5.41) is 9.07. The number of rotatable bonds is 10. The van der Waals surface area contributed by atoms with Crippen LogP contribution in [-0.2, 0) is 17.8 Å². The van der Waals surface area contributed by atoms with Crippen LogP contribution in [0.3, 0.4) is 0 Å². The van der Waals surface area contributed by atoms with Gasteiger partial charge < -0.3 is 20.9 Å². The van der Waals surface area contributed by atoms with Gasteiger partial charge in [-0.3, -0.25) is 9.59 Å². The minimum absolute atomic E-state index is 0.0122. The molecule has 166 valence electrons. The Bertz CT molecular complexity index is 867. The van der Waals surface area contributed by atoms with Gasteiger partial charge >= 0.3 is 0 Å². The van der Waals surface area contributed by atoms with E-state index in [1.54, 1.807) is 18.0 Å². The van der Waals surface area contributed by atoms with Crippen molar-refractivity contribution < 1.29 is 9.59 Å². The zero-order valence-electron chi connectivity index (χ0n) is 18.6. The SMILES string of the molecule is CCNC(=NCC(=O)N(CC)Cc1ccccc1)NCCc1cccc(C(=O)NC)c1. The van der Waals surface area contributed by atoms with E-state index in [-0.39, 0.29) is 18.4 Å². The lowest BCUT2D eigenvalue weighted by molar-refractivity contribution is -0.130. The molecular formula is C24H33N5O2. The van der Waals surface area contributed by atoms with E-state index in [4.69, 9.17) is 0 Å². The van der Waals surface area contributed by atoms with Crippen molar-refractivity contribution in [2.24, 2.45) is 4.99 Å². The Morgan fingerprint density at radius 3 is 2.39 bits per heavy atom. The van der Waals surface area contributed by atoms with Crippen LogP contribution in [0.2, 0.25) is 0 Å². The number of guanidine groups is 1. The largest absolute Gasteiger partial charge is 0.357 e. The standard InChI is InChI=1S/C24H33N5O2/c1-4-26-24(27-15-14-19-12-9-13-21(16-19)23(31)25-3)28-17-22(30)29(5-2)18-20-10-7-6-8-11-20/h6-13,16H,4-5,14-15,17-18H2,1-3H3,(H,25,31)(H2,26,27,28). The van der Waals surface area contributed by atoms with E-state index in [1.165, 1.54) is 0 Å². The number of aliphatic imine (C=N–C) groups is 1. The van der Waals surface area contributed by atoms with Crippen LogP contribution in [0.25, 0.3) is 0 Å². The average molecular weight is 424 g/mol. The fourth-order valence-electron chi connectivity index (χ4n) is 3.11. The van der Waals surface area contributed by atoms with Crippen LogP contribution in [0.4, 0.5) is 0 Å². The molecule has 0 saturated carbocycles. The summed E-state index contributed by atoms with van der Waals surface area (Å²) in [4.78, 5) is 30.7. The number of nitrogens with zero attached hydrogens (tertiary/aromatic N) is 2. The fraction of sp³-hybridized carbons (Fsp3) is 0.375. The number of amides is 2. The number of nitrogens with one attached hydrogen (secondary N) is 3. The van der Waals surface area contributed by atoms with E-state index in [9.17, 15) is 9.59 Å². The Morgan fingerprint density at radius 2 is 1.71 bits per heavy atom. The van der Waals surface area contributed by atoms with Gasteiger partial charge in [0.25, 0.3) is 5.91 Å². The zero-order chi connectivity index (χ0) is 22.5. The Morgan fingerprint density at radius 1 is 0.968 bits per heavy atom. The number of likely N-dealkylation sites (N-methyl/N-ethyl adjacent to an activating group) is 1. The lowest BCUT2D eigenvalue weighted by atomic mass is 10.1. The van der Waals surface area contributed by atoms with E-state index in [1.807, 2.05) is 62.4 Å².